The zero-order valence-corrected chi connectivity index (χ0v) is 13.9. The molecule has 0 saturated carbocycles. The van der Waals surface area contributed by atoms with Crippen LogP contribution < -0.4 is 5.73 Å². The number of hydrogen-bond acceptors (Lipinski definition) is 4. The maximum absolute atomic E-state index is 12.6. The molecule has 1 aromatic heterocycles. The van der Waals surface area contributed by atoms with Crippen molar-refractivity contribution in [1.82, 2.24) is 9.29 Å². The summed E-state index contributed by atoms with van der Waals surface area (Å²) in [4.78, 5) is 4.22. The number of benzene rings is 1. The number of rotatable bonds is 5. The molecule has 1 aromatic carbocycles. The molecule has 2 N–H and O–H groups in total. The van der Waals surface area contributed by atoms with Crippen molar-refractivity contribution in [2.24, 2.45) is 5.73 Å². The summed E-state index contributed by atoms with van der Waals surface area (Å²) in [7, 11) is -2.03. The molecule has 2 aromatic rings. The number of sulfonamides is 1. The van der Waals surface area contributed by atoms with E-state index in [0.29, 0.717) is 11.0 Å². The molecule has 0 aliphatic heterocycles. The first-order valence-corrected chi connectivity index (χ1v) is 8.52. The first-order chi connectivity index (χ1) is 9.95. The van der Waals surface area contributed by atoms with Gasteiger partial charge in [-0.3, -0.25) is 4.98 Å². The summed E-state index contributed by atoms with van der Waals surface area (Å²) >= 11 is 3.30. The molecule has 7 heteroatoms. The summed E-state index contributed by atoms with van der Waals surface area (Å²) in [5.41, 5.74) is 7.25. The molecule has 0 atom stereocenters. The van der Waals surface area contributed by atoms with Crippen molar-refractivity contribution in [2.75, 3.05) is 7.05 Å². The molecule has 0 fully saturated rings. The molecule has 5 nitrogen and oxygen atoms in total. The second-order valence-electron chi connectivity index (χ2n) is 4.59. The predicted octanol–water partition coefficient (Wildman–Crippen LogP) is 2.12. The Labute approximate surface area is 133 Å². The van der Waals surface area contributed by atoms with Gasteiger partial charge in [-0.15, -0.1) is 0 Å². The maximum Gasteiger partial charge on any atom is 0.244 e. The van der Waals surface area contributed by atoms with Crippen molar-refractivity contribution in [3.8, 4) is 0 Å². The highest BCUT2D eigenvalue weighted by molar-refractivity contribution is 9.10. The molecule has 0 saturated heterocycles. The molecule has 0 amide bonds. The minimum Gasteiger partial charge on any atom is -0.326 e. The number of nitrogens with zero attached hydrogens (tertiary/aromatic N) is 2. The maximum atomic E-state index is 12.6. The summed E-state index contributed by atoms with van der Waals surface area (Å²) in [5, 5.41) is 0. The van der Waals surface area contributed by atoms with Crippen molar-refractivity contribution >= 4 is 26.0 Å². The van der Waals surface area contributed by atoms with Gasteiger partial charge >= 0.3 is 0 Å². The molecule has 0 aliphatic carbocycles. The Hall–Kier alpha value is -1.28. The summed E-state index contributed by atoms with van der Waals surface area (Å²) in [5.74, 6) is 0. The minimum absolute atomic E-state index is 0.228. The Morgan fingerprint density at radius 2 is 2.05 bits per heavy atom. The van der Waals surface area contributed by atoms with Crippen LogP contribution in [-0.4, -0.2) is 24.8 Å². The Morgan fingerprint density at radius 1 is 1.29 bits per heavy atom. The van der Waals surface area contributed by atoms with E-state index in [-0.39, 0.29) is 11.4 Å². The number of pyridine rings is 1. The van der Waals surface area contributed by atoms with Crippen LogP contribution in [0.5, 0.6) is 0 Å². The molecule has 0 spiro atoms. The number of nitrogens with two attached hydrogens (primary N) is 1. The van der Waals surface area contributed by atoms with Crippen LogP contribution in [0.25, 0.3) is 0 Å². The number of aromatic nitrogens is 1. The lowest BCUT2D eigenvalue weighted by Gasteiger charge is -2.18. The number of halogens is 1. The van der Waals surface area contributed by atoms with Gasteiger partial charge in [0.1, 0.15) is 0 Å². The quantitative estimate of drug-likeness (QED) is 0.875. The first-order valence-electron chi connectivity index (χ1n) is 6.29. The van der Waals surface area contributed by atoms with Gasteiger partial charge in [0.15, 0.2) is 0 Å². The highest BCUT2D eigenvalue weighted by Crippen LogP contribution is 2.26. The van der Waals surface area contributed by atoms with Crippen molar-refractivity contribution in [3.63, 3.8) is 0 Å². The van der Waals surface area contributed by atoms with Crippen LogP contribution in [0.4, 0.5) is 0 Å². The van der Waals surface area contributed by atoms with Crippen LogP contribution in [0.2, 0.25) is 0 Å². The van der Waals surface area contributed by atoms with Gasteiger partial charge < -0.3 is 5.73 Å². The third-order valence-corrected chi connectivity index (χ3v) is 5.83. The SMILES string of the molecule is CN(Cc1cccnc1)S(=O)(=O)c1ccc(CN)cc1Br. The van der Waals surface area contributed by atoms with Gasteiger partial charge in [-0.2, -0.15) is 4.31 Å². The van der Waals surface area contributed by atoms with Gasteiger partial charge in [0.05, 0.1) is 4.90 Å². The monoisotopic (exact) mass is 369 g/mol. The molecular formula is C14H16BrN3O2S. The molecular weight excluding hydrogens is 354 g/mol. The molecule has 0 aliphatic rings. The largest absolute Gasteiger partial charge is 0.326 e. The third kappa shape index (κ3) is 3.68. The van der Waals surface area contributed by atoms with E-state index in [1.807, 2.05) is 6.07 Å². The fourth-order valence-electron chi connectivity index (χ4n) is 1.88. The summed E-state index contributed by atoms with van der Waals surface area (Å²) in [6, 6.07) is 8.63. The van der Waals surface area contributed by atoms with E-state index in [1.165, 1.54) is 4.31 Å². The van der Waals surface area contributed by atoms with Crippen LogP contribution in [-0.2, 0) is 23.1 Å². The Bertz CT molecular complexity index is 720. The Morgan fingerprint density at radius 3 is 2.62 bits per heavy atom. The van der Waals surface area contributed by atoms with Crippen molar-refractivity contribution in [2.45, 2.75) is 18.0 Å². The lowest BCUT2D eigenvalue weighted by molar-refractivity contribution is 0.466. The van der Waals surface area contributed by atoms with Crippen molar-refractivity contribution in [3.05, 3.63) is 58.3 Å². The molecule has 0 unspecified atom stereocenters. The fourth-order valence-corrected chi connectivity index (χ4v) is 4.12. The second-order valence-corrected chi connectivity index (χ2v) is 7.46. The summed E-state index contributed by atoms with van der Waals surface area (Å²) in [6.45, 7) is 0.631. The van der Waals surface area contributed by atoms with Gasteiger partial charge in [0, 0.05) is 37.0 Å². The predicted molar refractivity (Wildman–Crippen MR) is 84.9 cm³/mol. The van der Waals surface area contributed by atoms with Crippen LogP contribution in [0.1, 0.15) is 11.1 Å². The second kappa shape index (κ2) is 6.65. The standard InChI is InChI=1S/C14H16BrN3O2S/c1-18(10-12-3-2-6-17-9-12)21(19,20)14-5-4-11(8-16)7-13(14)15/h2-7,9H,8,10,16H2,1H3. The smallest absolute Gasteiger partial charge is 0.244 e. The van der Waals surface area contributed by atoms with Gasteiger partial charge in [-0.1, -0.05) is 12.1 Å². The topological polar surface area (TPSA) is 76.3 Å². The van der Waals surface area contributed by atoms with E-state index in [9.17, 15) is 8.42 Å². The van der Waals surface area contributed by atoms with E-state index in [2.05, 4.69) is 20.9 Å². The molecule has 0 radical (unpaired) electrons. The number of hydrogen-bond donors (Lipinski definition) is 1. The van der Waals surface area contributed by atoms with Gasteiger partial charge in [-0.05, 0) is 45.3 Å². The van der Waals surface area contributed by atoms with Gasteiger partial charge in [-0.25, -0.2) is 8.42 Å². The Kier molecular flexibility index (Phi) is 5.10. The average Bonchev–Trinajstić information content (AvgIpc) is 2.47. The molecule has 0 bridgehead atoms. The molecule has 112 valence electrons. The molecule has 2 rings (SSSR count). The van der Waals surface area contributed by atoms with E-state index >= 15 is 0 Å². The highest BCUT2D eigenvalue weighted by Gasteiger charge is 2.23. The highest BCUT2D eigenvalue weighted by atomic mass is 79.9. The molecule has 21 heavy (non-hydrogen) atoms. The van der Waals surface area contributed by atoms with Crippen molar-refractivity contribution in [1.29, 1.82) is 0 Å². The van der Waals surface area contributed by atoms with Crippen molar-refractivity contribution < 1.29 is 8.42 Å². The summed E-state index contributed by atoms with van der Waals surface area (Å²) < 4.78 is 27.0. The third-order valence-electron chi connectivity index (χ3n) is 3.05. The normalized spacial score (nSPS) is 11.8. The minimum atomic E-state index is -3.57. The first kappa shape index (κ1) is 16.1. The lowest BCUT2D eigenvalue weighted by atomic mass is 10.2. The van der Waals surface area contributed by atoms with Gasteiger partial charge in [0.25, 0.3) is 0 Å². The van der Waals surface area contributed by atoms with Crippen LogP contribution in [0.15, 0.2) is 52.1 Å². The lowest BCUT2D eigenvalue weighted by Crippen LogP contribution is -2.27. The van der Waals surface area contributed by atoms with Crippen LogP contribution >= 0.6 is 15.9 Å². The van der Waals surface area contributed by atoms with E-state index in [1.54, 1.807) is 43.7 Å². The Balaban J connectivity index is 2.29. The zero-order valence-electron chi connectivity index (χ0n) is 11.5. The van der Waals surface area contributed by atoms with Crippen LogP contribution in [0, 0.1) is 0 Å². The van der Waals surface area contributed by atoms with E-state index in [0.717, 1.165) is 11.1 Å². The average molecular weight is 370 g/mol. The van der Waals surface area contributed by atoms with E-state index < -0.39 is 10.0 Å². The summed E-state index contributed by atoms with van der Waals surface area (Å²) in [6.07, 6.45) is 3.30. The van der Waals surface area contributed by atoms with Gasteiger partial charge in [0.2, 0.25) is 10.0 Å². The zero-order chi connectivity index (χ0) is 15.5. The van der Waals surface area contributed by atoms with Crippen LogP contribution in [0.3, 0.4) is 0 Å². The fraction of sp³-hybridized carbons (Fsp3) is 0.214. The molecule has 1 heterocycles. The van der Waals surface area contributed by atoms with E-state index in [4.69, 9.17) is 5.73 Å².